The van der Waals surface area contributed by atoms with Crippen molar-refractivity contribution in [3.63, 3.8) is 0 Å². The van der Waals surface area contributed by atoms with Gasteiger partial charge >= 0.3 is 0 Å². The normalized spacial score (nSPS) is 22.3. The van der Waals surface area contributed by atoms with Gasteiger partial charge in [0.25, 0.3) is 5.56 Å². The number of nitrogens with zero attached hydrogens (tertiary/aromatic N) is 4. The molecule has 0 spiro atoms. The minimum atomic E-state index is 0.00222. The molecule has 112 valence electrons. The smallest absolute Gasteiger partial charge is 0.266 e. The number of hydrogen-bond donors (Lipinski definition) is 1. The number of aryl methyl sites for hydroxylation is 1. The van der Waals surface area contributed by atoms with Gasteiger partial charge in [0, 0.05) is 38.1 Å². The van der Waals surface area contributed by atoms with Crippen molar-refractivity contribution >= 4 is 0 Å². The third kappa shape index (κ3) is 3.39. The average molecular weight is 287 g/mol. The molecule has 1 N–H and O–H groups in total. The highest BCUT2D eigenvalue weighted by Crippen LogP contribution is 2.26. The van der Waals surface area contributed by atoms with Gasteiger partial charge in [0.05, 0.1) is 11.7 Å². The Labute approximate surface area is 123 Å². The maximum Gasteiger partial charge on any atom is 0.266 e. The van der Waals surface area contributed by atoms with Crippen LogP contribution in [0.4, 0.5) is 0 Å². The number of nitrogens with one attached hydrogen (secondary N) is 1. The predicted molar refractivity (Wildman–Crippen MR) is 79.8 cm³/mol. The molecular formula is C15H21N5O. The second kappa shape index (κ2) is 6.22. The van der Waals surface area contributed by atoms with E-state index in [0.717, 1.165) is 37.9 Å². The second-order valence-corrected chi connectivity index (χ2v) is 5.67. The molecule has 6 heteroatoms. The van der Waals surface area contributed by atoms with Crippen molar-refractivity contribution in [3.8, 4) is 0 Å². The van der Waals surface area contributed by atoms with E-state index in [1.807, 2.05) is 24.0 Å². The summed E-state index contributed by atoms with van der Waals surface area (Å²) < 4.78 is 3.45. The summed E-state index contributed by atoms with van der Waals surface area (Å²) in [5.41, 5.74) is 1.07. The molecule has 1 fully saturated rings. The van der Waals surface area contributed by atoms with Crippen molar-refractivity contribution in [1.82, 2.24) is 24.9 Å². The lowest BCUT2D eigenvalue weighted by Gasteiger charge is -2.29. The molecule has 21 heavy (non-hydrogen) atoms. The van der Waals surface area contributed by atoms with Crippen molar-refractivity contribution in [2.45, 2.75) is 44.3 Å². The van der Waals surface area contributed by atoms with Crippen LogP contribution in [0.5, 0.6) is 0 Å². The molecule has 1 saturated carbocycles. The average Bonchev–Trinajstić information content (AvgIpc) is 2.92. The Morgan fingerprint density at radius 1 is 1.29 bits per heavy atom. The summed E-state index contributed by atoms with van der Waals surface area (Å²) in [7, 11) is 1.93. The molecule has 0 unspecified atom stereocenters. The molecule has 1 aliphatic carbocycles. The summed E-state index contributed by atoms with van der Waals surface area (Å²) in [4.78, 5) is 11.8. The highest BCUT2D eigenvalue weighted by Gasteiger charge is 2.23. The van der Waals surface area contributed by atoms with Gasteiger partial charge in [0.1, 0.15) is 0 Å². The molecule has 0 aromatic carbocycles. The first-order valence-corrected chi connectivity index (χ1v) is 7.48. The molecule has 0 atom stereocenters. The van der Waals surface area contributed by atoms with Gasteiger partial charge in [0.15, 0.2) is 0 Å². The maximum atomic E-state index is 11.8. The molecule has 2 aromatic rings. The minimum Gasteiger partial charge on any atom is -0.308 e. The maximum absolute atomic E-state index is 11.8. The van der Waals surface area contributed by atoms with E-state index in [9.17, 15) is 4.79 Å². The highest BCUT2D eigenvalue weighted by atomic mass is 16.1. The predicted octanol–water partition coefficient (Wildman–Crippen LogP) is 1.25. The zero-order valence-corrected chi connectivity index (χ0v) is 12.3. The zero-order valence-electron chi connectivity index (χ0n) is 12.3. The highest BCUT2D eigenvalue weighted by molar-refractivity contribution is 4.98. The molecule has 2 heterocycles. The summed E-state index contributed by atoms with van der Waals surface area (Å²) in [6, 6.07) is 6.05. The van der Waals surface area contributed by atoms with Gasteiger partial charge in [-0.1, -0.05) is 0 Å². The van der Waals surface area contributed by atoms with Crippen LogP contribution < -0.4 is 10.9 Å². The van der Waals surface area contributed by atoms with Crippen LogP contribution in [-0.2, 0) is 13.6 Å². The first-order chi connectivity index (χ1) is 10.2. The van der Waals surface area contributed by atoms with Crippen molar-refractivity contribution < 1.29 is 0 Å². The molecule has 2 aromatic heterocycles. The molecule has 0 amide bonds. The topological polar surface area (TPSA) is 64.7 Å². The fraction of sp³-hybridized carbons (Fsp3) is 0.533. The first-order valence-electron chi connectivity index (χ1n) is 7.48. The van der Waals surface area contributed by atoms with Gasteiger partial charge in [-0.3, -0.25) is 9.48 Å². The lowest BCUT2D eigenvalue weighted by atomic mass is 9.91. The third-order valence-corrected chi connectivity index (χ3v) is 4.13. The van der Waals surface area contributed by atoms with E-state index in [4.69, 9.17) is 0 Å². The van der Waals surface area contributed by atoms with Crippen LogP contribution in [0.3, 0.4) is 0 Å². The molecular weight excluding hydrogens is 266 g/mol. The lowest BCUT2D eigenvalue weighted by Crippen LogP contribution is -2.36. The lowest BCUT2D eigenvalue weighted by molar-refractivity contribution is 0.268. The number of aromatic nitrogens is 4. The molecule has 0 radical (unpaired) electrons. The third-order valence-electron chi connectivity index (χ3n) is 4.13. The van der Waals surface area contributed by atoms with Crippen LogP contribution in [0.2, 0.25) is 0 Å². The Hall–Kier alpha value is -1.95. The summed E-state index contributed by atoms with van der Waals surface area (Å²) >= 11 is 0. The Morgan fingerprint density at radius 3 is 2.76 bits per heavy atom. The van der Waals surface area contributed by atoms with E-state index in [1.165, 1.54) is 0 Å². The Kier molecular flexibility index (Phi) is 4.15. The first kappa shape index (κ1) is 14.0. The largest absolute Gasteiger partial charge is 0.308 e. The summed E-state index contributed by atoms with van der Waals surface area (Å²) in [6.07, 6.45) is 7.78. The SMILES string of the molecule is Cn1ccc(CNC2CCC(n3ncccc3=O)CC2)n1. The van der Waals surface area contributed by atoms with E-state index in [1.54, 1.807) is 23.0 Å². The van der Waals surface area contributed by atoms with Crippen LogP contribution in [0.15, 0.2) is 35.4 Å². The number of hydrogen-bond acceptors (Lipinski definition) is 4. The molecule has 0 saturated heterocycles. The van der Waals surface area contributed by atoms with E-state index in [2.05, 4.69) is 15.5 Å². The van der Waals surface area contributed by atoms with Crippen LogP contribution >= 0.6 is 0 Å². The standard InChI is InChI=1S/C15H21N5O/c1-19-10-8-13(18-19)11-16-12-4-6-14(7-5-12)20-15(21)3-2-9-17-20/h2-3,8-10,12,14,16H,4-7,11H2,1H3. The van der Waals surface area contributed by atoms with Crippen molar-refractivity contribution in [2.75, 3.05) is 0 Å². The Morgan fingerprint density at radius 2 is 2.10 bits per heavy atom. The van der Waals surface area contributed by atoms with Gasteiger partial charge in [0.2, 0.25) is 0 Å². The Bertz CT molecular complexity index is 639. The molecule has 6 nitrogen and oxygen atoms in total. The van der Waals surface area contributed by atoms with Crippen molar-refractivity contribution in [2.24, 2.45) is 7.05 Å². The quantitative estimate of drug-likeness (QED) is 0.919. The van der Waals surface area contributed by atoms with Crippen LogP contribution in [0, 0.1) is 0 Å². The van der Waals surface area contributed by atoms with Gasteiger partial charge in [-0.25, -0.2) is 4.68 Å². The fourth-order valence-electron chi connectivity index (χ4n) is 2.97. The monoisotopic (exact) mass is 287 g/mol. The summed E-state index contributed by atoms with van der Waals surface area (Å²) in [5.74, 6) is 0. The van der Waals surface area contributed by atoms with Gasteiger partial charge in [-0.2, -0.15) is 10.2 Å². The van der Waals surface area contributed by atoms with Crippen LogP contribution in [0.25, 0.3) is 0 Å². The van der Waals surface area contributed by atoms with E-state index >= 15 is 0 Å². The molecule has 1 aliphatic rings. The zero-order chi connectivity index (χ0) is 14.7. The van der Waals surface area contributed by atoms with Crippen molar-refractivity contribution in [3.05, 3.63) is 46.6 Å². The van der Waals surface area contributed by atoms with Crippen molar-refractivity contribution in [1.29, 1.82) is 0 Å². The van der Waals surface area contributed by atoms with E-state index in [-0.39, 0.29) is 11.6 Å². The van der Waals surface area contributed by atoms with Gasteiger partial charge in [-0.05, 0) is 37.8 Å². The molecule has 3 rings (SSSR count). The second-order valence-electron chi connectivity index (χ2n) is 5.67. The summed E-state index contributed by atoms with van der Waals surface area (Å²) in [6.45, 7) is 0.805. The molecule has 0 aliphatic heterocycles. The van der Waals surface area contributed by atoms with E-state index < -0.39 is 0 Å². The van der Waals surface area contributed by atoms with Crippen LogP contribution in [-0.4, -0.2) is 25.6 Å². The minimum absolute atomic E-state index is 0.00222. The van der Waals surface area contributed by atoms with Gasteiger partial charge in [-0.15, -0.1) is 0 Å². The van der Waals surface area contributed by atoms with E-state index in [0.29, 0.717) is 6.04 Å². The summed E-state index contributed by atoms with van der Waals surface area (Å²) in [5, 5.41) is 12.1. The number of rotatable bonds is 4. The molecule has 0 bridgehead atoms. The fourth-order valence-corrected chi connectivity index (χ4v) is 2.97. The Balaban J connectivity index is 1.51. The van der Waals surface area contributed by atoms with Crippen LogP contribution in [0.1, 0.15) is 37.4 Å². The van der Waals surface area contributed by atoms with Gasteiger partial charge < -0.3 is 5.32 Å².